The number of halogens is 2. The number of ether oxygens (including phenoxy) is 1. The second-order valence-electron chi connectivity index (χ2n) is 2.49. The summed E-state index contributed by atoms with van der Waals surface area (Å²) in [4.78, 5) is 0. The van der Waals surface area contributed by atoms with Crippen molar-refractivity contribution in [1.82, 2.24) is 0 Å². The minimum absolute atomic E-state index is 0.425. The summed E-state index contributed by atoms with van der Waals surface area (Å²) in [5, 5.41) is 0.444. The van der Waals surface area contributed by atoms with Crippen LogP contribution in [0.2, 0.25) is 5.02 Å². The van der Waals surface area contributed by atoms with Crippen molar-refractivity contribution in [2.75, 3.05) is 0 Å². The molecule has 1 nitrogen and oxygen atoms in total. The van der Waals surface area contributed by atoms with E-state index in [9.17, 15) is 4.39 Å². The first-order valence-corrected chi connectivity index (χ1v) is 3.92. The standard InChI is InChI=1S/C9H6ClFO/c10-7-3-1-2-6-4-5-8(11)12-9(6)7/h1-5,8H. The van der Waals surface area contributed by atoms with E-state index in [4.69, 9.17) is 16.3 Å². The summed E-state index contributed by atoms with van der Waals surface area (Å²) in [5.74, 6) is 0.425. The molecule has 0 amide bonds. The Labute approximate surface area is 74.4 Å². The summed E-state index contributed by atoms with van der Waals surface area (Å²) >= 11 is 5.78. The molecule has 1 aromatic rings. The predicted molar refractivity (Wildman–Crippen MR) is 46.0 cm³/mol. The van der Waals surface area contributed by atoms with E-state index < -0.39 is 6.36 Å². The minimum atomic E-state index is -1.38. The molecule has 0 N–H and O–H groups in total. The fraction of sp³-hybridized carbons (Fsp3) is 0.111. The normalized spacial score (nSPS) is 20.0. The lowest BCUT2D eigenvalue weighted by Gasteiger charge is -2.16. The molecule has 12 heavy (non-hydrogen) atoms. The zero-order valence-electron chi connectivity index (χ0n) is 6.13. The zero-order chi connectivity index (χ0) is 8.55. The smallest absolute Gasteiger partial charge is 0.257 e. The Bertz CT molecular complexity index is 335. The van der Waals surface area contributed by atoms with Gasteiger partial charge in [-0.05, 0) is 18.2 Å². The van der Waals surface area contributed by atoms with Crippen LogP contribution in [0.4, 0.5) is 4.39 Å². The Balaban J connectivity index is 2.53. The maximum absolute atomic E-state index is 12.7. The van der Waals surface area contributed by atoms with E-state index in [0.29, 0.717) is 10.8 Å². The van der Waals surface area contributed by atoms with Gasteiger partial charge in [0.25, 0.3) is 6.36 Å². The zero-order valence-corrected chi connectivity index (χ0v) is 6.88. The monoisotopic (exact) mass is 184 g/mol. The van der Waals surface area contributed by atoms with E-state index in [2.05, 4.69) is 0 Å². The SMILES string of the molecule is FC1C=Cc2cccc(Cl)c2O1. The Morgan fingerprint density at radius 1 is 1.42 bits per heavy atom. The fourth-order valence-corrected chi connectivity index (χ4v) is 1.34. The van der Waals surface area contributed by atoms with Crippen LogP contribution >= 0.6 is 11.6 Å². The fourth-order valence-electron chi connectivity index (χ4n) is 1.11. The number of benzene rings is 1. The average molecular weight is 185 g/mol. The summed E-state index contributed by atoms with van der Waals surface area (Å²) < 4.78 is 17.6. The second-order valence-corrected chi connectivity index (χ2v) is 2.89. The van der Waals surface area contributed by atoms with Gasteiger partial charge in [0, 0.05) is 5.56 Å². The number of rotatable bonds is 0. The molecule has 1 unspecified atom stereocenters. The van der Waals surface area contributed by atoms with Crippen LogP contribution in [-0.2, 0) is 0 Å². The number of fused-ring (bicyclic) bond motifs is 1. The van der Waals surface area contributed by atoms with Crippen LogP contribution < -0.4 is 4.74 Å². The van der Waals surface area contributed by atoms with Crippen LogP contribution in [0, 0.1) is 0 Å². The molecule has 1 aromatic carbocycles. The van der Waals surface area contributed by atoms with E-state index >= 15 is 0 Å². The molecule has 0 radical (unpaired) electrons. The van der Waals surface area contributed by atoms with Crippen molar-refractivity contribution in [3.8, 4) is 5.75 Å². The van der Waals surface area contributed by atoms with Gasteiger partial charge in [-0.3, -0.25) is 0 Å². The van der Waals surface area contributed by atoms with E-state index in [1.54, 1.807) is 18.2 Å². The summed E-state index contributed by atoms with van der Waals surface area (Å²) in [6.45, 7) is 0. The van der Waals surface area contributed by atoms with Crippen molar-refractivity contribution in [1.29, 1.82) is 0 Å². The average Bonchev–Trinajstić information content (AvgIpc) is 2.07. The van der Waals surface area contributed by atoms with Crippen molar-refractivity contribution in [2.24, 2.45) is 0 Å². The largest absolute Gasteiger partial charge is 0.455 e. The first-order chi connectivity index (χ1) is 5.77. The van der Waals surface area contributed by atoms with Gasteiger partial charge in [-0.2, -0.15) is 4.39 Å². The Kier molecular flexibility index (Phi) is 1.77. The first-order valence-electron chi connectivity index (χ1n) is 3.55. The molecule has 62 valence electrons. The molecule has 0 bridgehead atoms. The van der Waals surface area contributed by atoms with Crippen molar-refractivity contribution < 1.29 is 9.13 Å². The minimum Gasteiger partial charge on any atom is -0.455 e. The molecule has 0 spiro atoms. The van der Waals surface area contributed by atoms with Crippen LogP contribution in [0.1, 0.15) is 5.56 Å². The summed E-state index contributed by atoms with van der Waals surface area (Å²) in [6, 6.07) is 5.29. The maximum atomic E-state index is 12.7. The summed E-state index contributed by atoms with van der Waals surface area (Å²) in [6.07, 6.45) is 1.63. The first kappa shape index (κ1) is 7.62. The number of hydrogen-bond acceptors (Lipinski definition) is 1. The molecule has 1 aliphatic heterocycles. The number of alkyl halides is 1. The van der Waals surface area contributed by atoms with E-state index in [1.807, 2.05) is 6.07 Å². The third-order valence-electron chi connectivity index (χ3n) is 1.65. The molecule has 0 fully saturated rings. The molecule has 0 aliphatic carbocycles. The van der Waals surface area contributed by atoms with Crippen molar-refractivity contribution in [3.05, 3.63) is 34.9 Å². The maximum Gasteiger partial charge on any atom is 0.257 e. The Morgan fingerprint density at radius 3 is 3.08 bits per heavy atom. The van der Waals surface area contributed by atoms with Gasteiger partial charge in [-0.15, -0.1) is 0 Å². The van der Waals surface area contributed by atoms with Crippen LogP contribution in [0.25, 0.3) is 6.08 Å². The van der Waals surface area contributed by atoms with Gasteiger partial charge in [0.05, 0.1) is 5.02 Å². The van der Waals surface area contributed by atoms with Crippen molar-refractivity contribution in [3.63, 3.8) is 0 Å². The molecule has 1 heterocycles. The van der Waals surface area contributed by atoms with Gasteiger partial charge in [0.15, 0.2) is 0 Å². The summed E-state index contributed by atoms with van der Waals surface area (Å²) in [7, 11) is 0. The highest BCUT2D eigenvalue weighted by atomic mass is 35.5. The predicted octanol–water partition coefficient (Wildman–Crippen LogP) is 3.04. The van der Waals surface area contributed by atoms with Gasteiger partial charge >= 0.3 is 0 Å². The number of para-hydroxylation sites is 1. The number of hydrogen-bond donors (Lipinski definition) is 0. The lowest BCUT2D eigenvalue weighted by Crippen LogP contribution is -2.10. The third-order valence-corrected chi connectivity index (χ3v) is 1.95. The van der Waals surface area contributed by atoms with Gasteiger partial charge in [0.2, 0.25) is 0 Å². The quantitative estimate of drug-likeness (QED) is 0.602. The van der Waals surface area contributed by atoms with Crippen LogP contribution in [-0.4, -0.2) is 6.36 Å². The second kappa shape index (κ2) is 2.79. The Hall–Kier alpha value is -1.02. The highest BCUT2D eigenvalue weighted by Crippen LogP contribution is 2.33. The van der Waals surface area contributed by atoms with E-state index in [-0.39, 0.29) is 0 Å². The molecule has 2 rings (SSSR count). The molecular formula is C9H6ClFO. The van der Waals surface area contributed by atoms with Crippen molar-refractivity contribution >= 4 is 17.7 Å². The molecule has 0 saturated heterocycles. The topological polar surface area (TPSA) is 9.23 Å². The highest BCUT2D eigenvalue weighted by Gasteiger charge is 2.15. The van der Waals surface area contributed by atoms with Gasteiger partial charge in [0.1, 0.15) is 5.75 Å². The van der Waals surface area contributed by atoms with Crippen LogP contribution in [0.3, 0.4) is 0 Å². The molecule has 3 heteroatoms. The molecule has 0 aromatic heterocycles. The van der Waals surface area contributed by atoms with Crippen molar-refractivity contribution in [2.45, 2.75) is 6.36 Å². The van der Waals surface area contributed by atoms with Crippen LogP contribution in [0.5, 0.6) is 5.75 Å². The lowest BCUT2D eigenvalue weighted by atomic mass is 10.1. The molecule has 1 atom stereocenters. The van der Waals surface area contributed by atoms with E-state index in [0.717, 1.165) is 5.56 Å². The molecule has 1 aliphatic rings. The Morgan fingerprint density at radius 2 is 2.25 bits per heavy atom. The highest BCUT2D eigenvalue weighted by molar-refractivity contribution is 6.32. The molecular weight excluding hydrogens is 179 g/mol. The molecule has 0 saturated carbocycles. The van der Waals surface area contributed by atoms with E-state index in [1.165, 1.54) is 6.08 Å². The van der Waals surface area contributed by atoms with Gasteiger partial charge in [-0.25, -0.2) is 0 Å². The van der Waals surface area contributed by atoms with Gasteiger partial charge < -0.3 is 4.74 Å². The van der Waals surface area contributed by atoms with Gasteiger partial charge in [-0.1, -0.05) is 23.7 Å². The summed E-state index contributed by atoms with van der Waals surface area (Å²) in [5.41, 5.74) is 0.816. The van der Waals surface area contributed by atoms with Crippen LogP contribution in [0.15, 0.2) is 24.3 Å². The lowest BCUT2D eigenvalue weighted by molar-refractivity contribution is 0.111. The third kappa shape index (κ3) is 1.18.